The van der Waals surface area contributed by atoms with E-state index in [2.05, 4.69) is 5.11 Å². The third-order valence-electron chi connectivity index (χ3n) is 3.14. The van der Waals surface area contributed by atoms with E-state index >= 15 is 0 Å². The summed E-state index contributed by atoms with van der Waals surface area (Å²) in [6.07, 6.45) is 0. The second-order valence-corrected chi connectivity index (χ2v) is 4.49. The molecule has 2 heterocycles. The van der Waals surface area contributed by atoms with E-state index in [0.717, 1.165) is 16.7 Å². The second kappa shape index (κ2) is 3.53. The molecule has 4 nitrogen and oxygen atoms in total. The van der Waals surface area contributed by atoms with Crippen molar-refractivity contribution < 1.29 is 27.0 Å². The Hall–Kier alpha value is -2.51. The lowest BCUT2D eigenvalue weighted by Crippen LogP contribution is -2.50. The molecule has 8 heteroatoms. The van der Waals surface area contributed by atoms with Gasteiger partial charge < -0.3 is 13.6 Å². The topological polar surface area (TPSA) is 33.8 Å². The van der Waals surface area contributed by atoms with Crippen LogP contribution in [0, 0.1) is 11.6 Å². The van der Waals surface area contributed by atoms with E-state index in [-0.39, 0.29) is 22.9 Å². The maximum atomic E-state index is 14.7. The molecule has 0 bridgehead atoms. The highest BCUT2D eigenvalue weighted by Crippen LogP contribution is 2.46. The van der Waals surface area contributed by atoms with E-state index in [1.165, 1.54) is 24.3 Å². The van der Waals surface area contributed by atoms with Gasteiger partial charge in [-0.05, 0) is 23.3 Å². The van der Waals surface area contributed by atoms with E-state index < -0.39 is 18.6 Å². The summed E-state index contributed by atoms with van der Waals surface area (Å²) in [5, 5.41) is 4.04. The molecule has 4 rings (SSSR count). The first-order chi connectivity index (χ1) is 9.55. The normalized spacial score (nSPS) is 22.1. The van der Waals surface area contributed by atoms with Crippen molar-refractivity contribution in [3.8, 4) is 11.5 Å². The van der Waals surface area contributed by atoms with Crippen LogP contribution in [0.15, 0.2) is 41.5 Å². The maximum Gasteiger partial charge on any atom is 0.881 e. The Balaban J connectivity index is 1.92. The maximum absolute atomic E-state index is 14.7. The van der Waals surface area contributed by atoms with Crippen LogP contribution >= 0.6 is 0 Å². The molecule has 20 heavy (non-hydrogen) atoms. The van der Waals surface area contributed by atoms with E-state index in [0.29, 0.717) is 0 Å². The van der Waals surface area contributed by atoms with Gasteiger partial charge in [-0.1, -0.05) is 0 Å². The zero-order valence-electron chi connectivity index (χ0n) is 9.89. The Morgan fingerprint density at radius 1 is 0.950 bits per heavy atom. The molecule has 1 unspecified atom stereocenters. The predicted octanol–water partition coefficient (Wildman–Crippen LogP) is 3.58. The molecule has 0 saturated heterocycles. The number of azo groups is 1. The fraction of sp³-hybridized carbons (Fsp3) is 0. The third-order valence-corrected chi connectivity index (χ3v) is 3.14. The van der Waals surface area contributed by atoms with Gasteiger partial charge in [-0.25, -0.2) is 8.78 Å². The van der Waals surface area contributed by atoms with Crippen LogP contribution in [0.4, 0.5) is 24.5 Å². The molecule has 0 radical (unpaired) electrons. The zero-order chi connectivity index (χ0) is 13.9. The quantitative estimate of drug-likeness (QED) is 0.690. The fourth-order valence-corrected chi connectivity index (χ4v) is 2.28. The lowest BCUT2D eigenvalue weighted by molar-refractivity contribution is -0.411. The standard InChI is InChI=1S/C12H6BF3N2O2/c14-7-1-3-9-11(5-7)19-13(16)18(17-9)10-4-2-8(15)6-12(10)20-13/h1-6H. The Morgan fingerprint density at radius 3 is 2.40 bits per heavy atom. The largest absolute Gasteiger partial charge is 0.881 e. The Kier molecular flexibility index (Phi) is 2.00. The van der Waals surface area contributed by atoms with Crippen LogP contribution in [0.1, 0.15) is 0 Å². The number of halogens is 3. The second-order valence-electron chi connectivity index (χ2n) is 4.49. The van der Waals surface area contributed by atoms with Crippen LogP contribution in [-0.4, -0.2) is 11.6 Å². The summed E-state index contributed by atoms with van der Waals surface area (Å²) in [5.41, 5.74) is 0.520. The highest BCUT2D eigenvalue weighted by molar-refractivity contribution is 6.54. The number of hydrogen-bond donors (Lipinski definition) is 0. The van der Waals surface area contributed by atoms with Crippen LogP contribution in [0.3, 0.4) is 0 Å². The smallest absolute Gasteiger partial charge is 0.588 e. The van der Waals surface area contributed by atoms with Gasteiger partial charge in [0.25, 0.3) is 0 Å². The fourth-order valence-electron chi connectivity index (χ4n) is 2.28. The van der Waals surface area contributed by atoms with E-state index in [1.807, 2.05) is 0 Å². The first kappa shape index (κ1) is 11.3. The zero-order valence-corrected chi connectivity index (χ0v) is 9.89. The van der Waals surface area contributed by atoms with Gasteiger partial charge >= 0.3 is 6.96 Å². The molecule has 0 saturated carbocycles. The van der Waals surface area contributed by atoms with Gasteiger partial charge in [0.15, 0.2) is 11.4 Å². The molecule has 2 aromatic rings. The van der Waals surface area contributed by atoms with Crippen molar-refractivity contribution in [2.24, 2.45) is 5.11 Å². The molecule has 2 aliphatic rings. The average Bonchev–Trinajstić information content (AvgIpc) is 2.66. The molecule has 100 valence electrons. The minimum atomic E-state index is -3.47. The molecule has 2 aliphatic heterocycles. The minimum Gasteiger partial charge on any atom is -0.588 e. The molecule has 0 spiro atoms. The molecule has 2 aromatic carbocycles. The molecular weight excluding hydrogens is 272 g/mol. The number of rotatable bonds is 0. The molecular formula is C12H6BF3N2O2. The summed E-state index contributed by atoms with van der Waals surface area (Å²) in [5.74, 6) is -1.21. The summed E-state index contributed by atoms with van der Waals surface area (Å²) in [4.78, 5) is 0. The lowest BCUT2D eigenvalue weighted by Gasteiger charge is -2.25. The summed E-state index contributed by atoms with van der Waals surface area (Å²) in [7, 11) is 0. The lowest BCUT2D eigenvalue weighted by atomic mass is 10.0. The van der Waals surface area contributed by atoms with Crippen molar-refractivity contribution in [1.29, 1.82) is 0 Å². The van der Waals surface area contributed by atoms with Gasteiger partial charge in [-0.15, -0.1) is 0 Å². The number of fused-ring (bicyclic) bond motifs is 4. The van der Waals surface area contributed by atoms with Crippen molar-refractivity contribution in [2.75, 3.05) is 0 Å². The van der Waals surface area contributed by atoms with Gasteiger partial charge in [-0.2, -0.15) is 4.61 Å². The Labute approximate surface area is 111 Å². The molecule has 0 amide bonds. The van der Waals surface area contributed by atoms with Crippen molar-refractivity contribution >= 4 is 18.3 Å². The molecule has 0 fully saturated rings. The Morgan fingerprint density at radius 2 is 1.60 bits per heavy atom. The van der Waals surface area contributed by atoms with Crippen LogP contribution < -0.4 is 9.31 Å². The van der Waals surface area contributed by atoms with Crippen LogP contribution in [-0.2, 0) is 0 Å². The van der Waals surface area contributed by atoms with Crippen molar-refractivity contribution in [1.82, 2.24) is 0 Å². The van der Waals surface area contributed by atoms with E-state index in [4.69, 9.17) is 9.31 Å². The third kappa shape index (κ3) is 1.44. The first-order valence-corrected chi connectivity index (χ1v) is 5.86. The van der Waals surface area contributed by atoms with Crippen molar-refractivity contribution in [2.45, 2.75) is 0 Å². The highest BCUT2D eigenvalue weighted by Gasteiger charge is 2.61. The van der Waals surface area contributed by atoms with Crippen LogP contribution in [0.2, 0.25) is 0 Å². The van der Waals surface area contributed by atoms with Crippen LogP contribution in [0.5, 0.6) is 11.5 Å². The summed E-state index contributed by atoms with van der Waals surface area (Å²) >= 11 is 0. The Bertz CT molecular complexity index is 774. The van der Waals surface area contributed by atoms with E-state index in [1.54, 1.807) is 0 Å². The SMILES string of the molecule is Fc1ccc2c(c1)O[B-]1(F)Oc3cc(F)ccc3[N+]1=N2. The van der Waals surface area contributed by atoms with Gasteiger partial charge in [0.2, 0.25) is 5.69 Å². The van der Waals surface area contributed by atoms with Gasteiger partial charge in [0.1, 0.15) is 17.4 Å². The monoisotopic (exact) mass is 278 g/mol. The van der Waals surface area contributed by atoms with E-state index in [9.17, 15) is 13.1 Å². The summed E-state index contributed by atoms with van der Waals surface area (Å²) in [6, 6.07) is 7.12. The van der Waals surface area contributed by atoms with Crippen molar-refractivity contribution in [3.05, 3.63) is 48.0 Å². The number of nitrogens with zero attached hydrogens (tertiary/aromatic N) is 2. The molecule has 1 atom stereocenters. The first-order valence-electron chi connectivity index (χ1n) is 5.86. The molecule has 0 N–H and O–H groups in total. The minimum absolute atomic E-state index is 0.00970. The van der Waals surface area contributed by atoms with Gasteiger partial charge in [0, 0.05) is 18.2 Å². The van der Waals surface area contributed by atoms with Gasteiger partial charge in [-0.3, -0.25) is 0 Å². The summed E-state index contributed by atoms with van der Waals surface area (Å²) in [6.45, 7) is -3.47. The van der Waals surface area contributed by atoms with Crippen molar-refractivity contribution in [3.63, 3.8) is 0 Å². The average molecular weight is 278 g/mol. The van der Waals surface area contributed by atoms with Crippen LogP contribution in [0.25, 0.3) is 0 Å². The highest BCUT2D eigenvalue weighted by atomic mass is 19.1. The summed E-state index contributed by atoms with van der Waals surface area (Å²) < 4.78 is 52.0. The predicted molar refractivity (Wildman–Crippen MR) is 62.9 cm³/mol. The molecule has 0 aliphatic carbocycles. The number of hydrogen-bond acceptors (Lipinski definition) is 3. The van der Waals surface area contributed by atoms with Gasteiger partial charge in [0.05, 0.1) is 0 Å². The molecule has 0 aromatic heterocycles. The number of benzene rings is 2.